The predicted octanol–water partition coefficient (Wildman–Crippen LogP) is 1.76. The number of hydrogen-bond donors (Lipinski definition) is 2. The van der Waals surface area contributed by atoms with Gasteiger partial charge in [0.1, 0.15) is 0 Å². The van der Waals surface area contributed by atoms with E-state index < -0.39 is 0 Å². The minimum Gasteiger partial charge on any atom is -0.384 e. The first kappa shape index (κ1) is 10.2. The van der Waals surface area contributed by atoms with Crippen LogP contribution in [0.15, 0.2) is 16.6 Å². The molecule has 0 spiro atoms. The van der Waals surface area contributed by atoms with Gasteiger partial charge in [-0.2, -0.15) is 0 Å². The molecule has 0 unspecified atom stereocenters. The Morgan fingerprint density at radius 3 is 2.47 bits per heavy atom. The molecular formula is C10H9BrN2O2. The zero-order valence-corrected chi connectivity index (χ0v) is 9.64. The van der Waals surface area contributed by atoms with Gasteiger partial charge in [-0.3, -0.25) is 14.9 Å². The summed E-state index contributed by atoms with van der Waals surface area (Å²) in [5.74, 6) is -0.666. The fourth-order valence-corrected chi connectivity index (χ4v) is 2.00. The highest BCUT2D eigenvalue weighted by molar-refractivity contribution is 9.10. The third kappa shape index (κ3) is 1.63. The van der Waals surface area contributed by atoms with Crippen LogP contribution in [0.1, 0.15) is 27.6 Å². The maximum absolute atomic E-state index is 11.4. The zero-order chi connectivity index (χ0) is 11.0. The predicted molar refractivity (Wildman–Crippen MR) is 60.1 cm³/mol. The van der Waals surface area contributed by atoms with Gasteiger partial charge in [0.25, 0.3) is 11.8 Å². The number of anilines is 1. The van der Waals surface area contributed by atoms with Crippen LogP contribution in [0.2, 0.25) is 0 Å². The van der Waals surface area contributed by atoms with E-state index in [2.05, 4.69) is 26.6 Å². The molecule has 4 nitrogen and oxygen atoms in total. The van der Waals surface area contributed by atoms with Crippen LogP contribution in [-0.2, 0) is 0 Å². The van der Waals surface area contributed by atoms with Crippen LogP contribution in [0, 0.1) is 0 Å². The molecule has 0 bridgehead atoms. The number of halogens is 1. The Morgan fingerprint density at radius 2 is 1.87 bits per heavy atom. The Morgan fingerprint density at radius 1 is 1.27 bits per heavy atom. The second-order valence-electron chi connectivity index (χ2n) is 3.19. The van der Waals surface area contributed by atoms with Crippen molar-refractivity contribution in [1.29, 1.82) is 0 Å². The summed E-state index contributed by atoms with van der Waals surface area (Å²) in [6.07, 6.45) is 0. The second-order valence-corrected chi connectivity index (χ2v) is 4.05. The van der Waals surface area contributed by atoms with Crippen LogP contribution in [0.3, 0.4) is 0 Å². The molecule has 1 aromatic carbocycles. The van der Waals surface area contributed by atoms with Crippen molar-refractivity contribution in [2.24, 2.45) is 0 Å². The smallest absolute Gasteiger partial charge is 0.259 e. The van der Waals surface area contributed by atoms with Crippen LogP contribution in [0.4, 0.5) is 5.69 Å². The van der Waals surface area contributed by atoms with E-state index in [0.29, 0.717) is 11.1 Å². The third-order valence-electron chi connectivity index (χ3n) is 2.19. The summed E-state index contributed by atoms with van der Waals surface area (Å²) >= 11 is 3.34. The van der Waals surface area contributed by atoms with Gasteiger partial charge in [-0.1, -0.05) is 0 Å². The maximum Gasteiger partial charge on any atom is 0.259 e. The number of fused-ring (bicyclic) bond motifs is 1. The van der Waals surface area contributed by atoms with Gasteiger partial charge in [0.15, 0.2) is 0 Å². The van der Waals surface area contributed by atoms with Crippen molar-refractivity contribution in [2.45, 2.75) is 6.92 Å². The fraction of sp³-hybridized carbons (Fsp3) is 0.200. The van der Waals surface area contributed by atoms with Crippen LogP contribution in [0.5, 0.6) is 0 Å². The number of rotatable bonds is 2. The van der Waals surface area contributed by atoms with Crippen molar-refractivity contribution in [3.8, 4) is 0 Å². The molecule has 15 heavy (non-hydrogen) atoms. The Bertz CT molecular complexity index is 457. The normalized spacial score (nSPS) is 13.7. The van der Waals surface area contributed by atoms with Crippen molar-refractivity contribution in [3.05, 3.63) is 27.7 Å². The van der Waals surface area contributed by atoms with Crippen molar-refractivity contribution < 1.29 is 9.59 Å². The van der Waals surface area contributed by atoms with Crippen molar-refractivity contribution >= 4 is 33.4 Å². The van der Waals surface area contributed by atoms with Gasteiger partial charge in [-0.05, 0) is 35.0 Å². The molecule has 2 N–H and O–H groups in total. The van der Waals surface area contributed by atoms with E-state index >= 15 is 0 Å². The standard InChI is InChI=1S/C10H9BrN2O2/c1-2-12-8-4-6-5(3-7(8)11)9(14)13-10(6)15/h3-4,12H,2H2,1H3,(H,13,14,15). The fourth-order valence-electron chi connectivity index (χ4n) is 1.51. The van der Waals surface area contributed by atoms with Gasteiger partial charge in [0.05, 0.1) is 11.1 Å². The molecule has 2 rings (SSSR count). The average Bonchev–Trinajstić information content (AvgIpc) is 2.44. The number of imide groups is 1. The average molecular weight is 269 g/mol. The number of amides is 2. The Kier molecular flexibility index (Phi) is 2.48. The van der Waals surface area contributed by atoms with Gasteiger partial charge >= 0.3 is 0 Å². The highest BCUT2D eigenvalue weighted by Gasteiger charge is 2.27. The molecular weight excluding hydrogens is 260 g/mol. The topological polar surface area (TPSA) is 58.2 Å². The van der Waals surface area contributed by atoms with E-state index in [1.165, 1.54) is 0 Å². The van der Waals surface area contributed by atoms with Gasteiger partial charge < -0.3 is 5.32 Å². The van der Waals surface area contributed by atoms with Crippen LogP contribution < -0.4 is 10.6 Å². The quantitative estimate of drug-likeness (QED) is 0.804. The lowest BCUT2D eigenvalue weighted by Crippen LogP contribution is -2.19. The molecule has 0 aromatic heterocycles. The molecule has 1 heterocycles. The van der Waals surface area contributed by atoms with Gasteiger partial charge in [-0.15, -0.1) is 0 Å². The summed E-state index contributed by atoms with van der Waals surface area (Å²) in [5.41, 5.74) is 1.67. The van der Waals surface area contributed by atoms with Gasteiger partial charge in [0.2, 0.25) is 0 Å². The van der Waals surface area contributed by atoms with Gasteiger partial charge in [0, 0.05) is 16.7 Å². The van der Waals surface area contributed by atoms with Crippen molar-refractivity contribution in [3.63, 3.8) is 0 Å². The molecule has 0 fully saturated rings. The molecule has 0 atom stereocenters. The molecule has 1 aliphatic heterocycles. The van der Waals surface area contributed by atoms with E-state index in [4.69, 9.17) is 0 Å². The first-order valence-electron chi connectivity index (χ1n) is 4.56. The Balaban J connectivity index is 2.54. The number of benzene rings is 1. The lowest BCUT2D eigenvalue weighted by Gasteiger charge is -2.07. The minimum absolute atomic E-state index is 0.332. The Hall–Kier alpha value is -1.36. The molecule has 1 aromatic rings. The Labute approximate surface area is 95.2 Å². The maximum atomic E-state index is 11.4. The minimum atomic E-state index is -0.334. The molecule has 5 heteroatoms. The molecule has 0 saturated heterocycles. The lowest BCUT2D eigenvalue weighted by molar-refractivity contribution is 0.0879. The summed E-state index contributed by atoms with van der Waals surface area (Å²) in [7, 11) is 0. The van der Waals surface area contributed by atoms with Crippen LogP contribution in [-0.4, -0.2) is 18.4 Å². The van der Waals surface area contributed by atoms with E-state index in [1.807, 2.05) is 6.92 Å². The zero-order valence-electron chi connectivity index (χ0n) is 8.06. The second kappa shape index (κ2) is 3.66. The largest absolute Gasteiger partial charge is 0.384 e. The lowest BCUT2D eigenvalue weighted by atomic mass is 10.1. The number of carbonyl (C=O) groups excluding carboxylic acids is 2. The SMILES string of the molecule is CCNc1cc2c(cc1Br)C(=O)NC2=O. The van der Waals surface area contributed by atoms with Crippen molar-refractivity contribution in [2.75, 3.05) is 11.9 Å². The number of hydrogen-bond acceptors (Lipinski definition) is 3. The monoisotopic (exact) mass is 268 g/mol. The van der Waals surface area contributed by atoms with Crippen LogP contribution in [0.25, 0.3) is 0 Å². The van der Waals surface area contributed by atoms with Crippen LogP contribution >= 0.6 is 15.9 Å². The van der Waals surface area contributed by atoms with E-state index in [0.717, 1.165) is 16.7 Å². The number of carbonyl (C=O) groups is 2. The summed E-state index contributed by atoms with van der Waals surface area (Å²) < 4.78 is 0.785. The summed E-state index contributed by atoms with van der Waals surface area (Å²) in [5, 5.41) is 5.36. The van der Waals surface area contributed by atoms with E-state index in [9.17, 15) is 9.59 Å². The molecule has 1 aliphatic rings. The third-order valence-corrected chi connectivity index (χ3v) is 2.85. The first-order chi connectivity index (χ1) is 7.13. The van der Waals surface area contributed by atoms with E-state index in [-0.39, 0.29) is 11.8 Å². The highest BCUT2D eigenvalue weighted by atomic mass is 79.9. The molecule has 0 aliphatic carbocycles. The molecule has 78 valence electrons. The van der Waals surface area contributed by atoms with Crippen molar-refractivity contribution in [1.82, 2.24) is 5.32 Å². The molecule has 2 amide bonds. The summed E-state index contributed by atoms with van der Waals surface area (Å²) in [6.45, 7) is 2.72. The summed E-state index contributed by atoms with van der Waals surface area (Å²) in [4.78, 5) is 22.7. The first-order valence-corrected chi connectivity index (χ1v) is 5.36. The van der Waals surface area contributed by atoms with Gasteiger partial charge in [-0.25, -0.2) is 0 Å². The molecule has 0 radical (unpaired) electrons. The summed E-state index contributed by atoms with van der Waals surface area (Å²) in [6, 6.07) is 3.34. The number of nitrogens with one attached hydrogen (secondary N) is 2. The van der Waals surface area contributed by atoms with E-state index in [1.54, 1.807) is 12.1 Å². The molecule has 0 saturated carbocycles. The highest BCUT2D eigenvalue weighted by Crippen LogP contribution is 2.28.